The third-order valence-electron chi connectivity index (χ3n) is 5.92. The van der Waals surface area contributed by atoms with Crippen molar-refractivity contribution in [3.8, 4) is 16.9 Å². The Labute approximate surface area is 252 Å². The monoisotopic (exact) mass is 645 g/mol. The van der Waals surface area contributed by atoms with Gasteiger partial charge in [-0.2, -0.15) is 13.2 Å². The lowest BCUT2D eigenvalue weighted by molar-refractivity contribution is -0.274. The number of benzene rings is 3. The summed E-state index contributed by atoms with van der Waals surface area (Å²) in [7, 11) is 0. The van der Waals surface area contributed by atoms with Crippen molar-refractivity contribution < 1.29 is 36.2 Å². The molecule has 7 nitrogen and oxygen atoms in total. The number of ether oxygens (including phenoxy) is 1. The first-order valence-electron chi connectivity index (χ1n) is 12.1. The molecule has 0 radical (unpaired) electrons. The summed E-state index contributed by atoms with van der Waals surface area (Å²) in [6.45, 7) is 1.05. The van der Waals surface area contributed by atoms with Crippen LogP contribution < -0.4 is 26.6 Å². The number of hydrogen-bond acceptors (Lipinski definition) is 8. The lowest BCUT2D eigenvalue weighted by Crippen LogP contribution is -2.30. The van der Waals surface area contributed by atoms with E-state index in [2.05, 4.69) is 10.1 Å². The minimum atomic E-state index is -4.89. The Balaban J connectivity index is 2.12. The van der Waals surface area contributed by atoms with E-state index in [-0.39, 0.29) is 29.4 Å². The number of aliphatic hydroxyl groups excluding tert-OH is 1. The number of anilines is 2. The van der Waals surface area contributed by atoms with Crippen LogP contribution in [0.4, 0.5) is 37.7 Å². The SMILES string of the molecule is CSc1cc(-c2ccc(N/C(C)=C\C(=N)C(F)(F)F)c(N(N)/C(=C\N)c3ccc(OC(F)(F)F)cc3)c2)cc(Cl)c1CO. The molecule has 0 aromatic heterocycles. The van der Waals surface area contributed by atoms with Gasteiger partial charge in [0.2, 0.25) is 0 Å². The topological polar surface area (TPSA) is 121 Å². The highest BCUT2D eigenvalue weighted by molar-refractivity contribution is 7.98. The molecule has 0 aliphatic rings. The molecule has 0 amide bonds. The quantitative estimate of drug-likeness (QED) is 0.0505. The molecule has 43 heavy (non-hydrogen) atoms. The number of nitrogens with one attached hydrogen (secondary N) is 2. The van der Waals surface area contributed by atoms with E-state index in [1.165, 1.54) is 30.8 Å². The Kier molecular flexibility index (Phi) is 10.7. The number of hydrogen-bond donors (Lipinski definition) is 5. The van der Waals surface area contributed by atoms with Crippen molar-refractivity contribution in [2.24, 2.45) is 11.6 Å². The molecular formula is C28H26ClF6N5O2S. The highest BCUT2D eigenvalue weighted by atomic mass is 35.5. The lowest BCUT2D eigenvalue weighted by atomic mass is 10.0. The van der Waals surface area contributed by atoms with E-state index in [0.717, 1.165) is 23.3 Å². The molecular weight excluding hydrogens is 620 g/mol. The molecule has 0 saturated heterocycles. The molecule has 15 heteroatoms. The summed E-state index contributed by atoms with van der Waals surface area (Å²) in [6.07, 6.45) is -6.22. The van der Waals surface area contributed by atoms with Crippen molar-refractivity contribution in [2.45, 2.75) is 31.0 Å². The number of rotatable bonds is 10. The van der Waals surface area contributed by atoms with Gasteiger partial charge in [-0.1, -0.05) is 17.7 Å². The molecule has 0 aliphatic carbocycles. The molecule has 0 spiro atoms. The zero-order valence-electron chi connectivity index (χ0n) is 22.6. The zero-order valence-corrected chi connectivity index (χ0v) is 24.1. The fourth-order valence-corrected chi connectivity index (χ4v) is 4.95. The maximum absolute atomic E-state index is 13.0. The van der Waals surface area contributed by atoms with Crippen molar-refractivity contribution in [1.82, 2.24) is 0 Å². The minimum absolute atomic E-state index is 0.0309. The number of thioether (sulfide) groups is 1. The first-order chi connectivity index (χ1) is 20.1. The van der Waals surface area contributed by atoms with Crippen molar-refractivity contribution >= 4 is 46.1 Å². The zero-order chi connectivity index (χ0) is 32.1. The molecule has 3 aromatic rings. The van der Waals surface area contributed by atoms with Gasteiger partial charge in [-0.3, -0.25) is 10.4 Å². The molecule has 230 valence electrons. The van der Waals surface area contributed by atoms with Crippen LogP contribution in [0.15, 0.2) is 77.5 Å². The van der Waals surface area contributed by atoms with E-state index in [9.17, 15) is 31.4 Å². The van der Waals surface area contributed by atoms with Gasteiger partial charge in [0.25, 0.3) is 0 Å². The maximum Gasteiger partial charge on any atom is 0.573 e. The second-order valence-electron chi connectivity index (χ2n) is 8.89. The predicted octanol–water partition coefficient (Wildman–Crippen LogP) is 7.65. The molecule has 3 aromatic carbocycles. The van der Waals surface area contributed by atoms with Gasteiger partial charge in [-0.25, -0.2) is 5.84 Å². The van der Waals surface area contributed by atoms with Crippen LogP contribution in [0.25, 0.3) is 16.8 Å². The first-order valence-corrected chi connectivity index (χ1v) is 13.7. The number of alkyl halides is 6. The van der Waals surface area contributed by atoms with Gasteiger partial charge in [0.15, 0.2) is 0 Å². The molecule has 7 N–H and O–H groups in total. The van der Waals surface area contributed by atoms with Gasteiger partial charge in [0.05, 0.1) is 23.7 Å². The highest BCUT2D eigenvalue weighted by Gasteiger charge is 2.33. The summed E-state index contributed by atoms with van der Waals surface area (Å²) in [5, 5.41) is 21.2. The maximum atomic E-state index is 13.0. The average molecular weight is 646 g/mol. The van der Waals surface area contributed by atoms with Gasteiger partial charge in [0, 0.05) is 32.9 Å². The smallest absolute Gasteiger partial charge is 0.406 e. The number of aliphatic hydroxyl groups is 1. The Bertz CT molecular complexity index is 1540. The van der Waals surface area contributed by atoms with Crippen molar-refractivity contribution in [3.63, 3.8) is 0 Å². The molecule has 0 bridgehead atoms. The van der Waals surface area contributed by atoms with E-state index < -0.39 is 24.0 Å². The fraction of sp³-hybridized carbons (Fsp3) is 0.179. The fourth-order valence-electron chi connectivity index (χ4n) is 3.95. The summed E-state index contributed by atoms with van der Waals surface area (Å²) in [6, 6.07) is 13.0. The van der Waals surface area contributed by atoms with Crippen molar-refractivity contribution in [1.29, 1.82) is 5.41 Å². The van der Waals surface area contributed by atoms with Gasteiger partial charge in [-0.05, 0) is 78.9 Å². The van der Waals surface area contributed by atoms with Crippen LogP contribution in [0.2, 0.25) is 5.02 Å². The van der Waals surface area contributed by atoms with Gasteiger partial charge >= 0.3 is 12.5 Å². The number of allylic oxidation sites excluding steroid dienone is 2. The third-order valence-corrected chi connectivity index (χ3v) is 7.06. The Morgan fingerprint density at radius 2 is 1.72 bits per heavy atom. The Hall–Kier alpha value is -3.85. The van der Waals surface area contributed by atoms with Crippen LogP contribution in [-0.2, 0) is 6.61 Å². The van der Waals surface area contributed by atoms with Crippen LogP contribution >= 0.6 is 23.4 Å². The van der Waals surface area contributed by atoms with Gasteiger partial charge < -0.3 is 20.9 Å². The number of nitrogens with two attached hydrogens (primary N) is 2. The number of halogens is 7. The Morgan fingerprint density at radius 3 is 2.26 bits per heavy atom. The molecule has 0 atom stereocenters. The van der Waals surface area contributed by atoms with Crippen molar-refractivity contribution in [2.75, 3.05) is 16.6 Å². The van der Waals surface area contributed by atoms with Crippen LogP contribution in [0.5, 0.6) is 5.75 Å². The van der Waals surface area contributed by atoms with Crippen LogP contribution in [0, 0.1) is 5.41 Å². The summed E-state index contributed by atoms with van der Waals surface area (Å²) in [4.78, 5) is 0.714. The second kappa shape index (κ2) is 13.6. The predicted molar refractivity (Wildman–Crippen MR) is 158 cm³/mol. The molecule has 0 heterocycles. The largest absolute Gasteiger partial charge is 0.573 e. The average Bonchev–Trinajstić information content (AvgIpc) is 2.92. The standard InChI is InChI=1S/C28H26ClF6N5O2S/c1-15(9-26(37)27(30,31)32)39-22-8-5-17(18-10-21(29)20(14-41)25(12-18)43-2)11-23(22)40(38)24(13-36)16-3-6-19(7-4-16)42-28(33,34)35/h3-13,37,39,41H,14,36,38H2,1-2H3/b15-9-,24-13-,37-26?. The van der Waals surface area contributed by atoms with E-state index in [1.54, 1.807) is 30.3 Å². The minimum Gasteiger partial charge on any atom is -0.406 e. The molecule has 0 unspecified atom stereocenters. The normalized spacial score (nSPS) is 12.7. The first kappa shape index (κ1) is 33.6. The lowest BCUT2D eigenvalue weighted by Gasteiger charge is -2.26. The van der Waals surface area contributed by atoms with Crippen LogP contribution in [0.3, 0.4) is 0 Å². The van der Waals surface area contributed by atoms with E-state index in [4.69, 9.17) is 28.6 Å². The molecule has 0 fully saturated rings. The summed E-state index contributed by atoms with van der Waals surface area (Å²) in [5.74, 6) is 6.01. The number of nitrogens with zero attached hydrogens (tertiary/aromatic N) is 1. The summed E-state index contributed by atoms with van der Waals surface area (Å²) < 4.78 is 80.6. The van der Waals surface area contributed by atoms with Crippen molar-refractivity contribution in [3.05, 3.63) is 88.7 Å². The van der Waals surface area contributed by atoms with E-state index in [1.807, 2.05) is 6.26 Å². The van der Waals surface area contributed by atoms with E-state index in [0.29, 0.717) is 38.2 Å². The summed E-state index contributed by atoms with van der Waals surface area (Å²) >= 11 is 7.78. The van der Waals surface area contributed by atoms with Crippen LogP contribution in [-0.4, -0.2) is 29.6 Å². The Morgan fingerprint density at radius 1 is 1.07 bits per heavy atom. The number of hydrazine groups is 1. The summed E-state index contributed by atoms with van der Waals surface area (Å²) in [5.41, 5.74) is 6.84. The molecule has 0 aliphatic heterocycles. The van der Waals surface area contributed by atoms with Crippen LogP contribution in [0.1, 0.15) is 18.1 Å². The van der Waals surface area contributed by atoms with Gasteiger partial charge in [-0.15, -0.1) is 24.9 Å². The van der Waals surface area contributed by atoms with Gasteiger partial charge in [0.1, 0.15) is 11.5 Å². The van der Waals surface area contributed by atoms with E-state index >= 15 is 0 Å². The highest BCUT2D eigenvalue weighted by Crippen LogP contribution is 2.38. The molecule has 3 rings (SSSR count). The third kappa shape index (κ3) is 8.60. The second-order valence-corrected chi connectivity index (χ2v) is 10.1. The molecule has 0 saturated carbocycles.